The molecule has 0 fully saturated rings. The van der Waals surface area contributed by atoms with Gasteiger partial charge < -0.3 is 0 Å². The van der Waals surface area contributed by atoms with Gasteiger partial charge in [0.2, 0.25) is 0 Å². The van der Waals surface area contributed by atoms with E-state index in [1.165, 1.54) is 15.9 Å². The number of benzene rings is 3. The van der Waals surface area contributed by atoms with E-state index in [0.29, 0.717) is 7.92 Å². The Morgan fingerprint density at radius 3 is 1.00 bits per heavy atom. The molecule has 0 heterocycles. The van der Waals surface area contributed by atoms with E-state index >= 15 is 0 Å². The van der Waals surface area contributed by atoms with Crippen LogP contribution in [0.25, 0.3) is 0 Å². The van der Waals surface area contributed by atoms with Gasteiger partial charge in [0.15, 0.2) is 0 Å². The van der Waals surface area contributed by atoms with Crippen LogP contribution in [0.2, 0.25) is 0 Å². The van der Waals surface area contributed by atoms with Crippen molar-refractivity contribution in [3.63, 3.8) is 0 Å². The average Bonchev–Trinajstić information content (AvgIpc) is 2.78. The van der Waals surface area contributed by atoms with Gasteiger partial charge in [0, 0.05) is 6.42 Å². The van der Waals surface area contributed by atoms with Gasteiger partial charge in [-0.05, 0) is 43.8 Å². The molecule has 0 aromatic heterocycles. The second kappa shape index (κ2) is 19.9. The fourth-order valence-corrected chi connectivity index (χ4v) is 4.58. The second-order valence-electron chi connectivity index (χ2n) is 6.35. The predicted octanol–water partition coefficient (Wildman–Crippen LogP) is 7.05. The molecule has 0 bridgehead atoms. The van der Waals surface area contributed by atoms with Gasteiger partial charge in [0.25, 0.3) is 0 Å². The van der Waals surface area contributed by atoms with Crippen LogP contribution < -0.4 is 15.9 Å². The smallest absolute Gasteiger partial charge is 0.0134 e. The molecule has 0 aliphatic carbocycles. The molecule has 0 amide bonds. The van der Waals surface area contributed by atoms with Crippen molar-refractivity contribution in [2.75, 3.05) is 20.0 Å². The van der Waals surface area contributed by atoms with Gasteiger partial charge >= 0.3 is 27.0 Å². The molecular weight excluding hydrogens is 511 g/mol. The summed E-state index contributed by atoms with van der Waals surface area (Å²) in [4.78, 5) is 0. The first-order valence-corrected chi connectivity index (χ1v) is 15.6. The normalized spacial score (nSPS) is 9.17. The van der Waals surface area contributed by atoms with Crippen molar-refractivity contribution in [1.29, 1.82) is 0 Å². The Kier molecular flexibility index (Phi) is 19.1. The molecule has 3 aromatic carbocycles. The first-order valence-electron chi connectivity index (χ1n) is 9.36. The molecule has 0 aliphatic heterocycles. The van der Waals surface area contributed by atoms with Crippen LogP contribution in [-0.2, 0) is 17.3 Å². The minimum absolute atomic E-state index is 0.380. The van der Waals surface area contributed by atoms with Crippen molar-refractivity contribution in [3.05, 3.63) is 123 Å². The van der Waals surface area contributed by atoms with E-state index in [9.17, 15) is 0 Å². The summed E-state index contributed by atoms with van der Waals surface area (Å²) in [5.74, 6) is 0. The molecule has 0 spiro atoms. The van der Waals surface area contributed by atoms with E-state index in [4.69, 9.17) is 0 Å². The summed E-state index contributed by atoms with van der Waals surface area (Å²) in [7, 11) is 4.50. The summed E-state index contributed by atoms with van der Waals surface area (Å²) in [5.41, 5.74) is 0. The maximum Gasteiger partial charge on any atom is -0.0134 e. The van der Waals surface area contributed by atoms with Crippen molar-refractivity contribution in [1.82, 2.24) is 0 Å². The van der Waals surface area contributed by atoms with Crippen LogP contribution in [0.4, 0.5) is 0 Å². The Bertz CT molecular complexity index is 675. The number of halogens is 1. The standard InChI is InChI=1S/C18H15P.C5H7.C3H9P.ClH.Ru/c1-4-10-16(11-5-1)19(17-12-6-2-7-13-17)18-14-8-3-9-15-18;1-3-5-4-2;1-4(2)3;;/h1-15H;3-5H,1-2H2;1-3H3;1H;/q;;;;+1/p-1. The van der Waals surface area contributed by atoms with Crippen molar-refractivity contribution in [2.24, 2.45) is 0 Å². The quantitative estimate of drug-likeness (QED) is 0.240. The summed E-state index contributed by atoms with van der Waals surface area (Å²) < 4.78 is 0. The minimum Gasteiger partial charge on any atom is -0.0622 e. The van der Waals surface area contributed by atoms with Crippen molar-refractivity contribution < 1.29 is 17.3 Å². The monoisotopic (exact) mass is 542 g/mol. The van der Waals surface area contributed by atoms with E-state index in [2.05, 4.69) is 134 Å². The molecule has 3 rings (SSSR count). The molecule has 3 aromatic rings. The van der Waals surface area contributed by atoms with E-state index in [1.807, 2.05) is 17.3 Å². The number of hydrogen-bond acceptors (Lipinski definition) is 0. The summed E-state index contributed by atoms with van der Waals surface area (Å²) >= 11 is 1.82. The van der Waals surface area contributed by atoms with E-state index in [-0.39, 0.29) is 0 Å². The van der Waals surface area contributed by atoms with Crippen molar-refractivity contribution in [2.45, 2.75) is 0 Å². The van der Waals surface area contributed by atoms with Crippen LogP contribution in [0.15, 0.2) is 116 Å². The number of allylic oxidation sites excluding steroid dienone is 2. The molecule has 0 aliphatic rings. The second-order valence-corrected chi connectivity index (χ2v) is 11.3. The first-order chi connectivity index (χ1) is 14.6. The maximum absolute atomic E-state index is 4.57. The van der Waals surface area contributed by atoms with Crippen LogP contribution in [0.3, 0.4) is 0 Å². The Morgan fingerprint density at radius 2 is 0.833 bits per heavy atom. The SMILES string of the molecule is C=C[CH]C=C.CP(C)C.[Cl][Ru].c1ccc(P(c2ccccc2)c2ccccc2)cc1. The van der Waals surface area contributed by atoms with E-state index in [1.54, 1.807) is 18.6 Å². The third kappa shape index (κ3) is 13.3. The van der Waals surface area contributed by atoms with Gasteiger partial charge in [-0.3, -0.25) is 0 Å². The molecule has 4 heteroatoms. The van der Waals surface area contributed by atoms with Gasteiger partial charge in [0.1, 0.15) is 0 Å². The molecule has 160 valence electrons. The fourth-order valence-electron chi connectivity index (χ4n) is 2.27. The zero-order valence-corrected chi connectivity index (χ0v) is 22.2. The Hall–Kier alpha value is -1.09. The van der Waals surface area contributed by atoms with Gasteiger partial charge in [-0.1, -0.05) is 103 Å². The minimum atomic E-state index is -0.446. The molecule has 0 nitrogen and oxygen atoms in total. The Morgan fingerprint density at radius 1 is 0.600 bits per heavy atom. The van der Waals surface area contributed by atoms with Gasteiger partial charge in [0.05, 0.1) is 0 Å². The van der Waals surface area contributed by atoms with Crippen molar-refractivity contribution in [3.8, 4) is 0 Å². The fraction of sp³-hybridized carbons (Fsp3) is 0.115. The van der Waals surface area contributed by atoms with Crippen LogP contribution in [0.1, 0.15) is 0 Å². The summed E-state index contributed by atoms with van der Waals surface area (Å²) in [6.07, 6.45) is 5.15. The molecule has 30 heavy (non-hydrogen) atoms. The topological polar surface area (TPSA) is 0 Å². The van der Waals surface area contributed by atoms with Gasteiger partial charge in [-0.25, -0.2) is 0 Å². The third-order valence-corrected chi connectivity index (χ3v) is 5.76. The predicted molar refractivity (Wildman–Crippen MR) is 140 cm³/mol. The molecule has 0 atom stereocenters. The Labute approximate surface area is 200 Å². The summed E-state index contributed by atoms with van der Waals surface area (Å²) in [6, 6.07) is 32.3. The third-order valence-electron chi connectivity index (χ3n) is 3.32. The van der Waals surface area contributed by atoms with Crippen molar-refractivity contribution >= 4 is 41.4 Å². The number of hydrogen-bond donors (Lipinski definition) is 0. The van der Waals surface area contributed by atoms with E-state index < -0.39 is 7.92 Å². The average molecular weight is 542 g/mol. The zero-order valence-electron chi connectivity index (χ0n) is 17.9. The van der Waals surface area contributed by atoms with Crippen LogP contribution >= 0.6 is 25.5 Å². The number of rotatable bonds is 5. The molecule has 0 saturated heterocycles. The van der Waals surface area contributed by atoms with Crippen LogP contribution in [-0.4, -0.2) is 20.0 Å². The largest absolute Gasteiger partial charge is 0.0622 e. The molecular formula is C26H31ClP2Ru. The zero-order chi connectivity index (χ0) is 22.6. The molecule has 0 unspecified atom stereocenters. The van der Waals surface area contributed by atoms with E-state index in [0.717, 1.165) is 0 Å². The molecule has 1 radical (unpaired) electrons. The van der Waals surface area contributed by atoms with Gasteiger partial charge in [-0.2, -0.15) is 0 Å². The van der Waals surface area contributed by atoms with Crippen LogP contribution in [0.5, 0.6) is 0 Å². The summed E-state index contributed by atoms with van der Waals surface area (Å²) in [6.45, 7) is 13.5. The van der Waals surface area contributed by atoms with Crippen LogP contribution in [0, 0.1) is 6.42 Å². The summed E-state index contributed by atoms with van der Waals surface area (Å²) in [5, 5.41) is 4.19. The molecule has 0 saturated carbocycles. The maximum atomic E-state index is 4.57. The molecule has 0 N–H and O–H groups in total. The first kappa shape index (κ1) is 28.9. The Balaban J connectivity index is 0.000000644. The van der Waals surface area contributed by atoms with Gasteiger partial charge in [-0.15, -0.1) is 21.1 Å².